The standard InChI is InChI=1S/C19H27N3O3/c1-15(23)16-5-7-17(8-6-16)20-19(24)22-10-3-9-21(11-12-22)14-18-4-2-13-25-18/h5-8,18H,2-4,9-14H2,1H3,(H,20,24)/t18-/m1/s1. The number of Topliss-reactive ketones (excluding diaryl/α,β-unsaturated/α-hetero) is 1. The first-order chi connectivity index (χ1) is 12.1. The Morgan fingerprint density at radius 2 is 1.92 bits per heavy atom. The predicted molar refractivity (Wildman–Crippen MR) is 97.1 cm³/mol. The van der Waals surface area contributed by atoms with Crippen LogP contribution in [-0.4, -0.2) is 67.0 Å². The number of hydrogen-bond donors (Lipinski definition) is 1. The molecule has 136 valence electrons. The Morgan fingerprint density at radius 3 is 2.60 bits per heavy atom. The van der Waals surface area contributed by atoms with E-state index in [1.54, 1.807) is 24.3 Å². The van der Waals surface area contributed by atoms with E-state index in [-0.39, 0.29) is 11.8 Å². The number of urea groups is 1. The molecule has 0 saturated carbocycles. The molecule has 0 unspecified atom stereocenters. The molecule has 1 aromatic carbocycles. The van der Waals surface area contributed by atoms with Crippen LogP contribution in [0.3, 0.4) is 0 Å². The van der Waals surface area contributed by atoms with Crippen LogP contribution in [0, 0.1) is 0 Å². The molecular formula is C19H27N3O3. The van der Waals surface area contributed by atoms with Gasteiger partial charge in [-0.2, -0.15) is 0 Å². The lowest BCUT2D eigenvalue weighted by Gasteiger charge is -2.24. The van der Waals surface area contributed by atoms with Crippen molar-refractivity contribution in [2.45, 2.75) is 32.3 Å². The van der Waals surface area contributed by atoms with Crippen LogP contribution in [0.1, 0.15) is 36.5 Å². The lowest BCUT2D eigenvalue weighted by Crippen LogP contribution is -2.39. The van der Waals surface area contributed by atoms with Gasteiger partial charge in [-0.05, 0) is 57.0 Å². The maximum absolute atomic E-state index is 12.5. The smallest absolute Gasteiger partial charge is 0.321 e. The summed E-state index contributed by atoms with van der Waals surface area (Å²) in [5, 5.41) is 2.93. The van der Waals surface area contributed by atoms with Crippen molar-refractivity contribution in [3.63, 3.8) is 0 Å². The number of rotatable bonds is 4. The summed E-state index contributed by atoms with van der Waals surface area (Å²) in [5.41, 5.74) is 1.37. The SMILES string of the molecule is CC(=O)c1ccc(NC(=O)N2CCCN(C[C@H]3CCCO3)CC2)cc1. The fourth-order valence-electron chi connectivity index (χ4n) is 3.42. The summed E-state index contributed by atoms with van der Waals surface area (Å²) in [6, 6.07) is 6.95. The van der Waals surface area contributed by atoms with Crippen molar-refractivity contribution in [1.29, 1.82) is 0 Å². The second kappa shape index (κ2) is 8.45. The number of benzene rings is 1. The molecule has 2 aliphatic rings. The van der Waals surface area contributed by atoms with E-state index in [1.165, 1.54) is 6.92 Å². The first kappa shape index (κ1) is 17.9. The molecule has 0 spiro atoms. The van der Waals surface area contributed by atoms with Gasteiger partial charge in [-0.1, -0.05) is 0 Å². The third kappa shape index (κ3) is 5.03. The van der Waals surface area contributed by atoms with Gasteiger partial charge in [-0.15, -0.1) is 0 Å². The summed E-state index contributed by atoms with van der Waals surface area (Å²) in [7, 11) is 0. The highest BCUT2D eigenvalue weighted by atomic mass is 16.5. The summed E-state index contributed by atoms with van der Waals surface area (Å²) < 4.78 is 5.72. The molecule has 1 atom stereocenters. The van der Waals surface area contributed by atoms with E-state index in [0.717, 1.165) is 64.3 Å². The predicted octanol–water partition coefficient (Wildman–Crippen LogP) is 2.61. The first-order valence-corrected chi connectivity index (χ1v) is 9.13. The van der Waals surface area contributed by atoms with E-state index in [2.05, 4.69) is 10.2 Å². The van der Waals surface area contributed by atoms with Gasteiger partial charge in [0.2, 0.25) is 0 Å². The lowest BCUT2D eigenvalue weighted by molar-refractivity contribution is 0.0747. The fourth-order valence-corrected chi connectivity index (χ4v) is 3.42. The minimum absolute atomic E-state index is 0.0247. The van der Waals surface area contributed by atoms with Gasteiger partial charge in [0.25, 0.3) is 0 Å². The number of anilines is 1. The van der Waals surface area contributed by atoms with E-state index in [0.29, 0.717) is 11.7 Å². The van der Waals surface area contributed by atoms with Gasteiger partial charge in [0, 0.05) is 44.0 Å². The monoisotopic (exact) mass is 345 g/mol. The van der Waals surface area contributed by atoms with Gasteiger partial charge in [-0.25, -0.2) is 4.79 Å². The Bertz CT molecular complexity index is 596. The number of hydrogen-bond acceptors (Lipinski definition) is 4. The normalized spacial score (nSPS) is 21.8. The number of carbonyl (C=O) groups is 2. The van der Waals surface area contributed by atoms with Gasteiger partial charge >= 0.3 is 6.03 Å². The number of carbonyl (C=O) groups excluding carboxylic acids is 2. The minimum Gasteiger partial charge on any atom is -0.377 e. The van der Waals surface area contributed by atoms with Crippen molar-refractivity contribution in [2.75, 3.05) is 44.6 Å². The van der Waals surface area contributed by atoms with Crippen LogP contribution < -0.4 is 5.32 Å². The Labute approximate surface area is 149 Å². The average Bonchev–Trinajstić information content (AvgIpc) is 2.99. The zero-order valence-corrected chi connectivity index (χ0v) is 14.9. The van der Waals surface area contributed by atoms with Crippen molar-refractivity contribution in [3.05, 3.63) is 29.8 Å². The zero-order valence-electron chi connectivity index (χ0n) is 14.9. The van der Waals surface area contributed by atoms with Gasteiger partial charge in [-0.3, -0.25) is 9.69 Å². The molecule has 1 aromatic rings. The summed E-state index contributed by atoms with van der Waals surface area (Å²) >= 11 is 0. The van der Waals surface area contributed by atoms with Crippen LogP contribution in [0.2, 0.25) is 0 Å². The maximum atomic E-state index is 12.5. The van der Waals surface area contributed by atoms with E-state index in [1.807, 2.05) is 4.90 Å². The molecule has 3 rings (SSSR count). The van der Waals surface area contributed by atoms with E-state index in [4.69, 9.17) is 4.74 Å². The summed E-state index contributed by atoms with van der Waals surface area (Å²) in [4.78, 5) is 28.1. The Hall–Kier alpha value is -1.92. The van der Waals surface area contributed by atoms with Crippen molar-refractivity contribution < 1.29 is 14.3 Å². The molecule has 0 radical (unpaired) electrons. The summed E-state index contributed by atoms with van der Waals surface area (Å²) in [6.45, 7) is 6.78. The molecular weight excluding hydrogens is 318 g/mol. The maximum Gasteiger partial charge on any atom is 0.321 e. The highest BCUT2D eigenvalue weighted by molar-refractivity contribution is 5.95. The van der Waals surface area contributed by atoms with Crippen molar-refractivity contribution in [3.8, 4) is 0 Å². The molecule has 0 bridgehead atoms. The molecule has 2 aliphatic heterocycles. The second-order valence-electron chi connectivity index (χ2n) is 6.84. The van der Waals surface area contributed by atoms with Gasteiger partial charge in [0.1, 0.15) is 0 Å². The van der Waals surface area contributed by atoms with Crippen LogP contribution >= 0.6 is 0 Å². The molecule has 2 amide bonds. The number of nitrogens with one attached hydrogen (secondary N) is 1. The minimum atomic E-state index is -0.0745. The van der Waals surface area contributed by atoms with E-state index in [9.17, 15) is 9.59 Å². The van der Waals surface area contributed by atoms with Crippen LogP contribution in [-0.2, 0) is 4.74 Å². The second-order valence-corrected chi connectivity index (χ2v) is 6.84. The quantitative estimate of drug-likeness (QED) is 0.852. The van der Waals surface area contributed by atoms with Gasteiger partial charge < -0.3 is 15.0 Å². The number of ether oxygens (including phenoxy) is 1. The molecule has 2 heterocycles. The highest BCUT2D eigenvalue weighted by Crippen LogP contribution is 2.15. The third-order valence-corrected chi connectivity index (χ3v) is 4.90. The molecule has 1 N–H and O–H groups in total. The van der Waals surface area contributed by atoms with E-state index < -0.39 is 0 Å². The Morgan fingerprint density at radius 1 is 1.12 bits per heavy atom. The fraction of sp³-hybridized carbons (Fsp3) is 0.579. The van der Waals surface area contributed by atoms with Crippen molar-refractivity contribution in [1.82, 2.24) is 9.80 Å². The lowest BCUT2D eigenvalue weighted by atomic mass is 10.1. The number of amides is 2. The van der Waals surface area contributed by atoms with Crippen LogP contribution in [0.4, 0.5) is 10.5 Å². The largest absolute Gasteiger partial charge is 0.377 e. The van der Waals surface area contributed by atoms with Gasteiger partial charge in [0.05, 0.1) is 6.10 Å². The van der Waals surface area contributed by atoms with Crippen LogP contribution in [0.25, 0.3) is 0 Å². The van der Waals surface area contributed by atoms with Crippen LogP contribution in [0.15, 0.2) is 24.3 Å². The molecule has 0 aliphatic carbocycles. The summed E-state index contributed by atoms with van der Waals surface area (Å²) in [6.07, 6.45) is 3.65. The van der Waals surface area contributed by atoms with Gasteiger partial charge in [0.15, 0.2) is 5.78 Å². The number of nitrogens with zero attached hydrogens (tertiary/aromatic N) is 2. The molecule has 6 heteroatoms. The topological polar surface area (TPSA) is 61.9 Å². The molecule has 6 nitrogen and oxygen atoms in total. The number of ketones is 1. The van der Waals surface area contributed by atoms with Crippen molar-refractivity contribution >= 4 is 17.5 Å². The highest BCUT2D eigenvalue weighted by Gasteiger charge is 2.23. The average molecular weight is 345 g/mol. The molecule has 2 fully saturated rings. The van der Waals surface area contributed by atoms with Crippen molar-refractivity contribution in [2.24, 2.45) is 0 Å². The Kier molecular flexibility index (Phi) is 6.04. The first-order valence-electron chi connectivity index (χ1n) is 9.13. The molecule has 25 heavy (non-hydrogen) atoms. The molecule has 2 saturated heterocycles. The third-order valence-electron chi connectivity index (χ3n) is 4.90. The molecule has 0 aromatic heterocycles. The van der Waals surface area contributed by atoms with Crippen LogP contribution in [0.5, 0.6) is 0 Å². The Balaban J connectivity index is 1.49. The zero-order chi connectivity index (χ0) is 17.6. The summed E-state index contributed by atoms with van der Waals surface area (Å²) in [5.74, 6) is 0.0247. The van der Waals surface area contributed by atoms with E-state index >= 15 is 0 Å².